The number of benzene rings is 2. The smallest absolute Gasteiger partial charge is 0.344 e. The van der Waals surface area contributed by atoms with Crippen molar-refractivity contribution in [3.05, 3.63) is 42.5 Å². The van der Waals surface area contributed by atoms with E-state index in [0.29, 0.717) is 17.2 Å². The third-order valence-corrected chi connectivity index (χ3v) is 3.05. The van der Waals surface area contributed by atoms with E-state index in [0.717, 1.165) is 11.1 Å². The number of anilines is 1. The van der Waals surface area contributed by atoms with Crippen LogP contribution in [0.2, 0.25) is 0 Å². The molecule has 0 aliphatic rings. The Balaban J connectivity index is 2.25. The Morgan fingerprint density at radius 1 is 1.19 bits per heavy atom. The highest BCUT2D eigenvalue weighted by atomic mass is 16.5. The van der Waals surface area contributed by atoms with Crippen molar-refractivity contribution in [2.75, 3.05) is 12.8 Å². The summed E-state index contributed by atoms with van der Waals surface area (Å²) < 4.78 is 10.6. The van der Waals surface area contributed by atoms with E-state index in [9.17, 15) is 4.79 Å². The molecule has 0 saturated heterocycles. The molecule has 0 radical (unpaired) electrons. The first-order valence-electron chi connectivity index (χ1n) is 6.44. The molecule has 0 aliphatic heterocycles. The van der Waals surface area contributed by atoms with Crippen molar-refractivity contribution in [2.45, 2.75) is 13.0 Å². The van der Waals surface area contributed by atoms with E-state index in [4.69, 9.17) is 20.3 Å². The highest BCUT2D eigenvalue weighted by molar-refractivity contribution is 5.74. The number of methoxy groups -OCH3 is 1. The van der Waals surface area contributed by atoms with Crippen molar-refractivity contribution in [2.24, 2.45) is 0 Å². The Morgan fingerprint density at radius 2 is 1.86 bits per heavy atom. The molecule has 2 aromatic carbocycles. The zero-order valence-corrected chi connectivity index (χ0v) is 11.9. The number of aliphatic carboxylic acids is 1. The van der Waals surface area contributed by atoms with Gasteiger partial charge < -0.3 is 20.3 Å². The minimum absolute atomic E-state index is 0.503. The molecule has 2 rings (SSSR count). The second kappa shape index (κ2) is 6.17. The maximum absolute atomic E-state index is 10.8. The van der Waals surface area contributed by atoms with Crippen LogP contribution in [0.5, 0.6) is 11.5 Å². The molecule has 5 heteroatoms. The lowest BCUT2D eigenvalue weighted by Gasteiger charge is -2.12. The van der Waals surface area contributed by atoms with Crippen LogP contribution >= 0.6 is 0 Å². The maximum Gasteiger partial charge on any atom is 0.344 e. The Bertz CT molecular complexity index is 637. The summed E-state index contributed by atoms with van der Waals surface area (Å²) >= 11 is 0. The lowest BCUT2D eigenvalue weighted by molar-refractivity contribution is -0.144. The molecular formula is C16H17NO4. The van der Waals surface area contributed by atoms with Gasteiger partial charge in [0, 0.05) is 17.3 Å². The van der Waals surface area contributed by atoms with E-state index in [2.05, 4.69) is 0 Å². The van der Waals surface area contributed by atoms with Crippen molar-refractivity contribution in [1.82, 2.24) is 0 Å². The number of ether oxygens (including phenoxy) is 2. The molecule has 0 aromatic heterocycles. The average molecular weight is 287 g/mol. The van der Waals surface area contributed by atoms with Gasteiger partial charge in [0.25, 0.3) is 0 Å². The summed E-state index contributed by atoms with van der Waals surface area (Å²) in [7, 11) is 1.59. The van der Waals surface area contributed by atoms with Crippen molar-refractivity contribution >= 4 is 11.7 Å². The molecular weight excluding hydrogens is 270 g/mol. The number of rotatable bonds is 5. The van der Waals surface area contributed by atoms with Crippen LogP contribution in [0.3, 0.4) is 0 Å². The van der Waals surface area contributed by atoms with Crippen LogP contribution in [0, 0.1) is 0 Å². The summed E-state index contributed by atoms with van der Waals surface area (Å²) in [5, 5.41) is 8.82. The molecule has 1 unspecified atom stereocenters. The molecule has 110 valence electrons. The SMILES string of the molecule is COc1cc(N)ccc1-c1ccc(OC(C)C(=O)O)cc1. The standard InChI is InChI=1S/C16H17NO4/c1-10(16(18)19)21-13-6-3-11(4-7-13)14-8-5-12(17)9-15(14)20-2/h3-10H,17H2,1-2H3,(H,18,19). The van der Waals surface area contributed by atoms with E-state index in [1.54, 1.807) is 31.4 Å². The third-order valence-electron chi connectivity index (χ3n) is 3.05. The lowest BCUT2D eigenvalue weighted by Crippen LogP contribution is -2.22. The second-order valence-corrected chi connectivity index (χ2v) is 4.58. The molecule has 0 fully saturated rings. The zero-order chi connectivity index (χ0) is 15.4. The molecule has 0 spiro atoms. The highest BCUT2D eigenvalue weighted by Gasteiger charge is 2.12. The largest absolute Gasteiger partial charge is 0.496 e. The maximum atomic E-state index is 10.8. The van der Waals surface area contributed by atoms with Gasteiger partial charge in [-0.1, -0.05) is 12.1 Å². The topological polar surface area (TPSA) is 81.8 Å². The molecule has 5 nitrogen and oxygen atoms in total. The molecule has 0 amide bonds. The monoisotopic (exact) mass is 287 g/mol. The van der Waals surface area contributed by atoms with Crippen molar-refractivity contribution in [1.29, 1.82) is 0 Å². The predicted molar refractivity (Wildman–Crippen MR) is 80.6 cm³/mol. The first kappa shape index (κ1) is 14.7. The Kier molecular flexibility index (Phi) is 4.33. The fourth-order valence-corrected chi connectivity index (χ4v) is 1.91. The van der Waals surface area contributed by atoms with E-state index in [1.165, 1.54) is 6.92 Å². The Labute approximate surface area is 122 Å². The highest BCUT2D eigenvalue weighted by Crippen LogP contribution is 2.32. The van der Waals surface area contributed by atoms with Gasteiger partial charge in [-0.2, -0.15) is 0 Å². The van der Waals surface area contributed by atoms with Gasteiger partial charge in [0.15, 0.2) is 6.10 Å². The first-order chi connectivity index (χ1) is 10.0. The van der Waals surface area contributed by atoms with Crippen molar-refractivity contribution in [3.8, 4) is 22.6 Å². The average Bonchev–Trinajstić information content (AvgIpc) is 2.48. The minimum Gasteiger partial charge on any atom is -0.496 e. The Morgan fingerprint density at radius 3 is 2.43 bits per heavy atom. The summed E-state index contributed by atoms with van der Waals surface area (Å²) in [6.07, 6.45) is -0.887. The number of hydrogen-bond donors (Lipinski definition) is 2. The van der Waals surface area contributed by atoms with Crippen LogP contribution in [0.15, 0.2) is 42.5 Å². The lowest BCUT2D eigenvalue weighted by atomic mass is 10.0. The van der Waals surface area contributed by atoms with Crippen LogP contribution in [0.4, 0.5) is 5.69 Å². The van der Waals surface area contributed by atoms with E-state index < -0.39 is 12.1 Å². The van der Waals surface area contributed by atoms with Gasteiger partial charge >= 0.3 is 5.97 Å². The van der Waals surface area contributed by atoms with Crippen LogP contribution < -0.4 is 15.2 Å². The molecule has 0 bridgehead atoms. The van der Waals surface area contributed by atoms with Crippen LogP contribution in [0.25, 0.3) is 11.1 Å². The van der Waals surface area contributed by atoms with Gasteiger partial charge in [-0.05, 0) is 36.8 Å². The fraction of sp³-hybridized carbons (Fsp3) is 0.188. The Hall–Kier alpha value is -2.69. The second-order valence-electron chi connectivity index (χ2n) is 4.58. The molecule has 2 aromatic rings. The zero-order valence-electron chi connectivity index (χ0n) is 11.9. The summed E-state index contributed by atoms with van der Waals surface area (Å²) in [4.78, 5) is 10.8. The van der Waals surface area contributed by atoms with Crippen molar-refractivity contribution in [3.63, 3.8) is 0 Å². The third kappa shape index (κ3) is 3.45. The normalized spacial score (nSPS) is 11.7. The fourth-order valence-electron chi connectivity index (χ4n) is 1.91. The summed E-state index contributed by atoms with van der Waals surface area (Å²) in [6.45, 7) is 1.49. The van der Waals surface area contributed by atoms with Crippen molar-refractivity contribution < 1.29 is 19.4 Å². The van der Waals surface area contributed by atoms with E-state index in [-0.39, 0.29) is 0 Å². The van der Waals surface area contributed by atoms with Gasteiger partial charge in [-0.3, -0.25) is 0 Å². The predicted octanol–water partition coefficient (Wildman–Crippen LogP) is 2.80. The molecule has 1 atom stereocenters. The molecule has 21 heavy (non-hydrogen) atoms. The summed E-state index contributed by atoms with van der Waals surface area (Å²) in [5.74, 6) is 0.185. The van der Waals surface area contributed by atoms with Gasteiger partial charge in [0.05, 0.1) is 7.11 Å². The van der Waals surface area contributed by atoms with Gasteiger partial charge in [-0.25, -0.2) is 4.79 Å². The number of nitrogens with two attached hydrogens (primary N) is 1. The van der Waals surface area contributed by atoms with Crippen LogP contribution in [-0.2, 0) is 4.79 Å². The number of hydrogen-bond acceptors (Lipinski definition) is 4. The van der Waals surface area contributed by atoms with Gasteiger partial charge in [0.2, 0.25) is 0 Å². The van der Waals surface area contributed by atoms with E-state index >= 15 is 0 Å². The number of nitrogen functional groups attached to an aromatic ring is 1. The molecule has 3 N–H and O–H groups in total. The number of carboxylic acids is 1. The molecule has 0 saturated carbocycles. The first-order valence-corrected chi connectivity index (χ1v) is 6.44. The summed E-state index contributed by atoms with van der Waals surface area (Å²) in [6, 6.07) is 12.6. The van der Waals surface area contributed by atoms with Crippen LogP contribution in [0.1, 0.15) is 6.92 Å². The molecule has 0 heterocycles. The van der Waals surface area contributed by atoms with Gasteiger partial charge in [-0.15, -0.1) is 0 Å². The minimum atomic E-state index is -1.00. The van der Waals surface area contributed by atoms with Gasteiger partial charge in [0.1, 0.15) is 11.5 Å². The quantitative estimate of drug-likeness (QED) is 0.826. The number of carbonyl (C=O) groups is 1. The number of carboxylic acid groups (broad SMARTS) is 1. The van der Waals surface area contributed by atoms with Crippen LogP contribution in [-0.4, -0.2) is 24.3 Å². The summed E-state index contributed by atoms with van der Waals surface area (Å²) in [5.41, 5.74) is 8.20. The van der Waals surface area contributed by atoms with E-state index in [1.807, 2.05) is 18.2 Å². The molecule has 0 aliphatic carbocycles.